The van der Waals surface area contributed by atoms with Gasteiger partial charge in [-0.1, -0.05) is 32.6 Å². The molecule has 1 aliphatic heterocycles. The Balaban J connectivity index is 2.64. The first-order valence-electron chi connectivity index (χ1n) is 8.24. The molecule has 132 valence electrons. The van der Waals surface area contributed by atoms with Crippen LogP contribution >= 0.6 is 0 Å². The summed E-state index contributed by atoms with van der Waals surface area (Å²) in [6.07, 6.45) is 3.95. The zero-order valence-corrected chi connectivity index (χ0v) is 14.2. The van der Waals surface area contributed by atoms with Crippen LogP contribution in [-0.2, 0) is 19.1 Å². The van der Waals surface area contributed by atoms with E-state index in [1.165, 1.54) is 18.9 Å². The van der Waals surface area contributed by atoms with Crippen LogP contribution in [0, 0.1) is 0 Å². The van der Waals surface area contributed by atoms with E-state index in [1.807, 2.05) is 0 Å². The van der Waals surface area contributed by atoms with Crippen LogP contribution in [0.5, 0.6) is 0 Å². The normalized spacial score (nSPS) is 21.8. The molecule has 0 unspecified atom stereocenters. The molecule has 7 heteroatoms. The van der Waals surface area contributed by atoms with Crippen molar-refractivity contribution in [3.8, 4) is 0 Å². The molecule has 0 aromatic heterocycles. The summed E-state index contributed by atoms with van der Waals surface area (Å²) in [6, 6.07) is -1.44. The molecule has 3 atom stereocenters. The van der Waals surface area contributed by atoms with Crippen molar-refractivity contribution in [2.24, 2.45) is 0 Å². The van der Waals surface area contributed by atoms with Gasteiger partial charge in [0.2, 0.25) is 11.8 Å². The number of aliphatic hydroxyl groups is 1. The number of methoxy groups -OCH3 is 1. The van der Waals surface area contributed by atoms with Crippen LogP contribution in [0.3, 0.4) is 0 Å². The molecule has 1 aliphatic rings. The minimum Gasteiger partial charge on any atom is -0.467 e. The highest BCUT2D eigenvalue weighted by Gasteiger charge is 2.38. The van der Waals surface area contributed by atoms with E-state index >= 15 is 0 Å². The number of ether oxygens (including phenoxy) is 1. The molecular formula is C16H28N2O5. The highest BCUT2D eigenvalue weighted by atomic mass is 16.5. The number of β-amino-alcohol motifs (C(OH)–C–C–N with tert-alkyl or cyclic N) is 1. The lowest BCUT2D eigenvalue weighted by Crippen LogP contribution is -2.50. The first-order chi connectivity index (χ1) is 10.9. The molecule has 0 spiro atoms. The first-order valence-corrected chi connectivity index (χ1v) is 8.24. The molecule has 2 N–H and O–H groups in total. The Bertz CT molecular complexity index is 427. The van der Waals surface area contributed by atoms with Crippen LogP contribution in [-0.4, -0.2) is 59.6 Å². The topological polar surface area (TPSA) is 95.9 Å². The molecular weight excluding hydrogens is 300 g/mol. The Kier molecular flexibility index (Phi) is 8.02. The predicted octanol–water partition coefficient (Wildman–Crippen LogP) is 0.596. The van der Waals surface area contributed by atoms with Gasteiger partial charge in [-0.2, -0.15) is 0 Å². The average Bonchev–Trinajstić information content (AvgIpc) is 2.91. The molecule has 1 heterocycles. The largest absolute Gasteiger partial charge is 0.467 e. The summed E-state index contributed by atoms with van der Waals surface area (Å²) >= 11 is 0. The molecule has 0 aliphatic carbocycles. The van der Waals surface area contributed by atoms with E-state index in [-0.39, 0.29) is 18.9 Å². The fourth-order valence-corrected chi connectivity index (χ4v) is 2.84. The maximum Gasteiger partial charge on any atom is 0.328 e. The van der Waals surface area contributed by atoms with E-state index in [0.717, 1.165) is 25.7 Å². The molecule has 0 radical (unpaired) electrons. The molecule has 0 aromatic carbocycles. The summed E-state index contributed by atoms with van der Waals surface area (Å²) in [6.45, 7) is 3.61. The number of nitrogens with zero attached hydrogens (tertiary/aromatic N) is 1. The SMILES string of the molecule is CCCCCC[C@@H](NC(=O)[C@@H]1C[C@@H](O)CN1C(C)=O)C(=O)OC. The molecule has 0 bridgehead atoms. The van der Waals surface area contributed by atoms with Crippen molar-refractivity contribution in [2.75, 3.05) is 13.7 Å². The van der Waals surface area contributed by atoms with Gasteiger partial charge in [0.25, 0.3) is 0 Å². The zero-order valence-electron chi connectivity index (χ0n) is 14.2. The molecule has 0 aromatic rings. The number of rotatable bonds is 8. The summed E-state index contributed by atoms with van der Waals surface area (Å²) in [5.74, 6) is -1.16. The quantitative estimate of drug-likeness (QED) is 0.502. The number of carbonyl (C=O) groups is 3. The lowest BCUT2D eigenvalue weighted by atomic mass is 10.1. The standard InChI is InChI=1S/C16H28N2O5/c1-4-5-6-7-8-13(16(22)23-3)17-15(21)14-9-12(20)10-18(14)11(2)19/h12-14,20H,4-10H2,1-3H3,(H,17,21)/t12-,13-,14+/m1/s1. The molecule has 1 rings (SSSR count). The van der Waals surface area contributed by atoms with Crippen LogP contribution in [0.1, 0.15) is 52.4 Å². The smallest absolute Gasteiger partial charge is 0.328 e. The zero-order chi connectivity index (χ0) is 17.4. The van der Waals surface area contributed by atoms with Gasteiger partial charge in [0.1, 0.15) is 12.1 Å². The number of hydrogen-bond donors (Lipinski definition) is 2. The van der Waals surface area contributed by atoms with E-state index in [2.05, 4.69) is 12.2 Å². The summed E-state index contributed by atoms with van der Waals surface area (Å²) < 4.78 is 4.74. The molecule has 2 amide bonds. The van der Waals surface area contributed by atoms with Crippen LogP contribution in [0.2, 0.25) is 0 Å². The van der Waals surface area contributed by atoms with Gasteiger partial charge in [-0.3, -0.25) is 9.59 Å². The molecule has 1 saturated heterocycles. The van der Waals surface area contributed by atoms with E-state index in [0.29, 0.717) is 6.42 Å². The third-order valence-electron chi connectivity index (χ3n) is 4.13. The highest BCUT2D eigenvalue weighted by molar-refractivity contribution is 5.90. The van der Waals surface area contributed by atoms with Crippen molar-refractivity contribution in [3.63, 3.8) is 0 Å². The van der Waals surface area contributed by atoms with Gasteiger partial charge < -0.3 is 20.1 Å². The molecule has 1 fully saturated rings. The van der Waals surface area contributed by atoms with Crippen LogP contribution in [0.4, 0.5) is 0 Å². The average molecular weight is 328 g/mol. The van der Waals surface area contributed by atoms with Crippen molar-refractivity contribution in [1.29, 1.82) is 0 Å². The fraction of sp³-hybridized carbons (Fsp3) is 0.812. The van der Waals surface area contributed by atoms with Crippen LogP contribution < -0.4 is 5.32 Å². The van der Waals surface area contributed by atoms with Gasteiger partial charge in [0, 0.05) is 19.9 Å². The van der Waals surface area contributed by atoms with Gasteiger partial charge in [0.15, 0.2) is 0 Å². The number of aliphatic hydroxyl groups excluding tert-OH is 1. The maximum atomic E-state index is 12.4. The van der Waals surface area contributed by atoms with Crippen molar-refractivity contribution in [1.82, 2.24) is 10.2 Å². The van der Waals surface area contributed by atoms with Gasteiger partial charge >= 0.3 is 5.97 Å². The second kappa shape index (κ2) is 9.50. The third-order valence-corrected chi connectivity index (χ3v) is 4.13. The summed E-state index contributed by atoms with van der Waals surface area (Å²) in [5.41, 5.74) is 0. The molecule has 23 heavy (non-hydrogen) atoms. The fourth-order valence-electron chi connectivity index (χ4n) is 2.84. The maximum absolute atomic E-state index is 12.4. The Labute approximate surface area is 137 Å². The Morgan fingerprint density at radius 1 is 1.30 bits per heavy atom. The minimum absolute atomic E-state index is 0.146. The summed E-state index contributed by atoms with van der Waals surface area (Å²) in [5, 5.41) is 12.4. The number of amides is 2. The number of likely N-dealkylation sites (tertiary alicyclic amines) is 1. The van der Waals surface area contributed by atoms with E-state index < -0.39 is 30.1 Å². The van der Waals surface area contributed by atoms with Crippen LogP contribution in [0.25, 0.3) is 0 Å². The number of carbonyl (C=O) groups excluding carboxylic acids is 3. The minimum atomic E-state index is -0.731. The van der Waals surface area contributed by atoms with Gasteiger partial charge in [-0.05, 0) is 6.42 Å². The summed E-state index contributed by atoms with van der Waals surface area (Å²) in [7, 11) is 1.29. The lowest BCUT2D eigenvalue weighted by molar-refractivity contribution is -0.146. The first kappa shape index (κ1) is 19.4. The highest BCUT2D eigenvalue weighted by Crippen LogP contribution is 2.19. The second-order valence-electron chi connectivity index (χ2n) is 6.01. The van der Waals surface area contributed by atoms with Crippen molar-refractivity contribution >= 4 is 17.8 Å². The van der Waals surface area contributed by atoms with Gasteiger partial charge in [-0.25, -0.2) is 4.79 Å². The third kappa shape index (κ3) is 5.82. The number of esters is 1. The van der Waals surface area contributed by atoms with Crippen molar-refractivity contribution < 1.29 is 24.2 Å². The Morgan fingerprint density at radius 3 is 2.57 bits per heavy atom. The number of nitrogens with one attached hydrogen (secondary N) is 1. The molecule has 7 nitrogen and oxygen atoms in total. The van der Waals surface area contributed by atoms with E-state index in [9.17, 15) is 19.5 Å². The summed E-state index contributed by atoms with van der Waals surface area (Å²) in [4.78, 5) is 37.1. The second-order valence-corrected chi connectivity index (χ2v) is 6.01. The number of hydrogen-bond acceptors (Lipinski definition) is 5. The van der Waals surface area contributed by atoms with E-state index in [1.54, 1.807) is 0 Å². The van der Waals surface area contributed by atoms with E-state index in [4.69, 9.17) is 4.74 Å². The molecule has 0 saturated carbocycles. The van der Waals surface area contributed by atoms with Gasteiger partial charge in [0.05, 0.1) is 13.2 Å². The van der Waals surface area contributed by atoms with Crippen molar-refractivity contribution in [3.05, 3.63) is 0 Å². The van der Waals surface area contributed by atoms with Crippen molar-refractivity contribution in [2.45, 2.75) is 70.6 Å². The Hall–Kier alpha value is -1.63. The lowest BCUT2D eigenvalue weighted by Gasteiger charge is -2.24. The predicted molar refractivity (Wildman–Crippen MR) is 84.5 cm³/mol. The Morgan fingerprint density at radius 2 is 2.00 bits per heavy atom. The monoisotopic (exact) mass is 328 g/mol. The van der Waals surface area contributed by atoms with Gasteiger partial charge in [-0.15, -0.1) is 0 Å². The number of unbranched alkanes of at least 4 members (excludes halogenated alkanes) is 3. The van der Waals surface area contributed by atoms with Crippen LogP contribution in [0.15, 0.2) is 0 Å².